The average Bonchev–Trinajstić information content (AvgIpc) is 3.24. The van der Waals surface area contributed by atoms with Crippen molar-refractivity contribution in [3.63, 3.8) is 0 Å². The summed E-state index contributed by atoms with van der Waals surface area (Å²) in [5, 5.41) is 35.3. The molecule has 0 spiro atoms. The summed E-state index contributed by atoms with van der Waals surface area (Å²) < 4.78 is 5.52. The smallest absolute Gasteiger partial charge is 0.417 e. The van der Waals surface area contributed by atoms with Crippen molar-refractivity contribution in [2.75, 3.05) is 30.9 Å². The lowest BCUT2D eigenvalue weighted by atomic mass is 9.81. The number of carboxylic acids is 2. The van der Waals surface area contributed by atoms with Crippen LogP contribution in [-0.4, -0.2) is 93.3 Å². The summed E-state index contributed by atoms with van der Waals surface area (Å²) >= 11 is 0. The lowest BCUT2D eigenvalue weighted by molar-refractivity contribution is -0.165. The minimum absolute atomic E-state index is 0. The summed E-state index contributed by atoms with van der Waals surface area (Å²) in [6.45, 7) is 3.38. The molecule has 3 unspecified atom stereocenters. The van der Waals surface area contributed by atoms with Crippen LogP contribution in [0, 0.1) is 0 Å². The second-order valence-corrected chi connectivity index (χ2v) is 8.76. The Labute approximate surface area is 213 Å². The van der Waals surface area contributed by atoms with Gasteiger partial charge in [-0.25, -0.2) is 14.4 Å². The number of carboxylic acid groups (broad SMARTS) is 2. The summed E-state index contributed by atoms with van der Waals surface area (Å²) in [6.07, 6.45) is -3.54. The molecule has 2 aromatic carbocycles. The van der Waals surface area contributed by atoms with Crippen LogP contribution in [0.2, 0.25) is 0 Å². The first-order valence-electron chi connectivity index (χ1n) is 10.9. The van der Waals surface area contributed by atoms with Gasteiger partial charge in [0, 0.05) is 30.4 Å². The molecule has 13 heteroatoms. The molecule has 4 atom stereocenters. The van der Waals surface area contributed by atoms with Crippen LogP contribution in [0.15, 0.2) is 48.5 Å². The third-order valence-electron chi connectivity index (χ3n) is 6.34. The normalized spacial score (nSPS) is 21.0. The second kappa shape index (κ2) is 12.5. The number of para-hydroxylation sites is 1. The Kier molecular flexibility index (Phi) is 10.5. The number of fused-ring (bicyclic) bond motifs is 3. The summed E-state index contributed by atoms with van der Waals surface area (Å²) in [5.74, 6) is -2.96. The van der Waals surface area contributed by atoms with Crippen LogP contribution in [0.5, 0.6) is 5.75 Å². The zero-order valence-electron chi connectivity index (χ0n) is 20.6. The molecular formula is C24H33N3O10. The molecule has 0 radical (unpaired) electrons. The van der Waals surface area contributed by atoms with E-state index in [1.807, 2.05) is 42.5 Å². The van der Waals surface area contributed by atoms with E-state index in [0.29, 0.717) is 11.9 Å². The largest absolute Gasteiger partial charge is 0.479 e. The van der Waals surface area contributed by atoms with Crippen molar-refractivity contribution in [1.29, 1.82) is 0 Å². The Bertz CT molecular complexity index is 1080. The van der Waals surface area contributed by atoms with Gasteiger partial charge in [-0.1, -0.05) is 25.1 Å². The van der Waals surface area contributed by atoms with Gasteiger partial charge in [-0.15, -0.1) is 0 Å². The van der Waals surface area contributed by atoms with Gasteiger partial charge in [0.1, 0.15) is 5.75 Å². The van der Waals surface area contributed by atoms with Crippen LogP contribution in [0.25, 0.3) is 0 Å². The highest BCUT2D eigenvalue weighted by atomic mass is 16.6. The van der Waals surface area contributed by atoms with Crippen molar-refractivity contribution >= 4 is 29.4 Å². The van der Waals surface area contributed by atoms with Crippen molar-refractivity contribution in [1.82, 2.24) is 4.90 Å². The quantitative estimate of drug-likeness (QED) is 0.350. The molecule has 2 heterocycles. The number of hydrogen-bond donors (Lipinski definition) is 5. The number of hydrogen-bond acceptors (Lipinski definition) is 8. The zero-order chi connectivity index (χ0) is 25.9. The van der Waals surface area contributed by atoms with E-state index in [1.54, 1.807) is 0 Å². The molecule has 0 aliphatic carbocycles. The van der Waals surface area contributed by atoms with E-state index in [-0.39, 0.29) is 16.4 Å². The molecule has 0 aromatic heterocycles. The number of aliphatic hydroxyl groups is 2. The molecule has 0 saturated carbocycles. The van der Waals surface area contributed by atoms with E-state index in [9.17, 15) is 14.4 Å². The predicted octanol–water partition coefficient (Wildman–Crippen LogP) is -0.105. The first kappa shape index (κ1) is 31.3. The highest BCUT2D eigenvalue weighted by Gasteiger charge is 2.52. The minimum Gasteiger partial charge on any atom is -0.479 e. The van der Waals surface area contributed by atoms with Crippen LogP contribution >= 0.6 is 0 Å². The maximum atomic E-state index is 12.2. The number of nitrogens with zero attached hydrogens (tertiary/aromatic N) is 2. The van der Waals surface area contributed by atoms with Crippen molar-refractivity contribution in [3.05, 3.63) is 54.1 Å². The molecule has 4 rings (SSSR count). The number of benzene rings is 2. The molecule has 1 fully saturated rings. The summed E-state index contributed by atoms with van der Waals surface area (Å²) in [6, 6.07) is 15.3. The standard InChI is InChI=1S/C20H23N3O2.C4H6O6.2H2O/c1-20-11-12-22(2)18(20)23(3)17-10-9-15(13-16(17)20)25-19(24)21-14-7-5-4-6-8-14;5-1(3(7)8)2(6)4(9)10;;/h4-10,13,18H,11-12H2,1-3H3,(H,21,24);1-2,5-6H,(H,7,8)(H,9,10);2*1H2/t18?,20-;;;/m1.../s1. The number of likely N-dealkylation sites (N-methyl/N-ethyl adjacent to an activating group) is 2. The van der Waals surface area contributed by atoms with E-state index in [4.69, 9.17) is 25.2 Å². The van der Waals surface area contributed by atoms with Gasteiger partial charge >= 0.3 is 18.0 Å². The second-order valence-electron chi connectivity index (χ2n) is 8.76. The SMILES string of the molecule is CN1CC[C@]2(C)c3cc(OC(=O)Nc4ccccc4)ccc3N(C)C12.O.O.O=C(O)C(O)C(O)C(=O)O. The van der Waals surface area contributed by atoms with Crippen molar-refractivity contribution in [2.24, 2.45) is 0 Å². The van der Waals surface area contributed by atoms with Crippen LogP contribution in [0.4, 0.5) is 16.2 Å². The third kappa shape index (κ3) is 6.53. The van der Waals surface area contributed by atoms with Gasteiger partial charge in [0.05, 0.1) is 6.17 Å². The lowest BCUT2D eigenvalue weighted by Gasteiger charge is -2.32. The molecular weight excluding hydrogens is 490 g/mol. The average molecular weight is 524 g/mol. The number of likely N-dealkylation sites (tertiary alicyclic amines) is 1. The fraction of sp³-hybridized carbons (Fsp3) is 0.375. The number of carbonyl (C=O) groups is 3. The van der Waals surface area contributed by atoms with Gasteiger partial charge in [0.15, 0.2) is 12.2 Å². The van der Waals surface area contributed by atoms with Gasteiger partial charge in [-0.3, -0.25) is 10.2 Å². The molecule has 1 amide bonds. The Morgan fingerprint density at radius 3 is 2.11 bits per heavy atom. The number of amides is 1. The minimum atomic E-state index is -2.27. The molecule has 0 bridgehead atoms. The first-order valence-corrected chi connectivity index (χ1v) is 10.9. The molecule has 37 heavy (non-hydrogen) atoms. The molecule has 13 nitrogen and oxygen atoms in total. The molecule has 204 valence electrons. The number of carbonyl (C=O) groups excluding carboxylic acids is 1. The van der Waals surface area contributed by atoms with Crippen LogP contribution in [0.3, 0.4) is 0 Å². The van der Waals surface area contributed by atoms with E-state index < -0.39 is 30.2 Å². The van der Waals surface area contributed by atoms with E-state index in [0.717, 1.165) is 18.7 Å². The van der Waals surface area contributed by atoms with Gasteiger partial charge in [-0.05, 0) is 49.4 Å². The summed E-state index contributed by atoms with van der Waals surface area (Å²) in [5.41, 5.74) is 3.26. The maximum absolute atomic E-state index is 12.2. The van der Waals surface area contributed by atoms with Gasteiger partial charge in [0.25, 0.3) is 0 Å². The highest BCUT2D eigenvalue weighted by Crippen LogP contribution is 2.51. The van der Waals surface area contributed by atoms with E-state index in [2.05, 4.69) is 42.2 Å². The van der Waals surface area contributed by atoms with E-state index >= 15 is 0 Å². The van der Waals surface area contributed by atoms with Gasteiger partial charge < -0.3 is 41.0 Å². The van der Waals surface area contributed by atoms with Crippen LogP contribution < -0.4 is 15.0 Å². The number of aliphatic carboxylic acids is 2. The Morgan fingerprint density at radius 1 is 1.00 bits per heavy atom. The Morgan fingerprint density at radius 2 is 1.57 bits per heavy atom. The van der Waals surface area contributed by atoms with Crippen LogP contribution in [0.1, 0.15) is 18.9 Å². The maximum Gasteiger partial charge on any atom is 0.417 e. The Balaban J connectivity index is 0.000000493. The molecule has 9 N–H and O–H groups in total. The number of ether oxygens (including phenoxy) is 1. The summed E-state index contributed by atoms with van der Waals surface area (Å²) in [4.78, 5) is 36.4. The topological polar surface area (TPSA) is 223 Å². The van der Waals surface area contributed by atoms with Gasteiger partial charge in [-0.2, -0.15) is 0 Å². The zero-order valence-corrected chi connectivity index (χ0v) is 20.6. The lowest BCUT2D eigenvalue weighted by Crippen LogP contribution is -2.45. The molecule has 2 aliphatic rings. The summed E-state index contributed by atoms with van der Waals surface area (Å²) in [7, 11) is 4.31. The first-order chi connectivity index (χ1) is 16.5. The third-order valence-corrected chi connectivity index (χ3v) is 6.34. The van der Waals surface area contributed by atoms with Crippen molar-refractivity contribution in [3.8, 4) is 5.75 Å². The van der Waals surface area contributed by atoms with Crippen LogP contribution in [-0.2, 0) is 15.0 Å². The van der Waals surface area contributed by atoms with Crippen molar-refractivity contribution < 1.29 is 50.5 Å². The number of rotatable bonds is 5. The monoisotopic (exact) mass is 523 g/mol. The van der Waals surface area contributed by atoms with E-state index in [1.165, 1.54) is 11.3 Å². The predicted molar refractivity (Wildman–Crippen MR) is 134 cm³/mol. The number of nitrogens with one attached hydrogen (secondary N) is 1. The fourth-order valence-corrected chi connectivity index (χ4v) is 4.66. The molecule has 2 aromatic rings. The Hall–Kier alpha value is -3.75. The number of aliphatic hydroxyl groups excluding tert-OH is 2. The fourth-order valence-electron chi connectivity index (χ4n) is 4.66. The number of anilines is 2. The van der Waals surface area contributed by atoms with Gasteiger partial charge in [0.2, 0.25) is 0 Å². The molecule has 2 aliphatic heterocycles. The highest BCUT2D eigenvalue weighted by molar-refractivity contribution is 5.86. The van der Waals surface area contributed by atoms with Crippen molar-refractivity contribution in [2.45, 2.75) is 37.1 Å². The molecule has 1 saturated heterocycles.